The van der Waals surface area contributed by atoms with Gasteiger partial charge in [-0.2, -0.15) is 0 Å². The van der Waals surface area contributed by atoms with E-state index in [1.165, 1.54) is 31.4 Å². The van der Waals surface area contributed by atoms with Crippen LogP contribution >= 0.6 is 0 Å². The SMILES string of the molecule is c1cc2c(cc1CNCC1C3CC4CC(C3)CC1C4)CCC2. The van der Waals surface area contributed by atoms with Crippen LogP contribution in [0.4, 0.5) is 0 Å². The quantitative estimate of drug-likeness (QED) is 0.871. The van der Waals surface area contributed by atoms with Crippen LogP contribution < -0.4 is 5.32 Å². The normalized spacial score (nSPS) is 38.5. The third kappa shape index (κ3) is 2.33. The minimum Gasteiger partial charge on any atom is -0.312 e. The van der Waals surface area contributed by atoms with Crippen molar-refractivity contribution in [3.8, 4) is 0 Å². The summed E-state index contributed by atoms with van der Waals surface area (Å²) in [5, 5.41) is 3.82. The predicted octanol–water partition coefficient (Wildman–Crippen LogP) is 4.34. The lowest BCUT2D eigenvalue weighted by Gasteiger charge is -2.54. The molecule has 1 heteroatoms. The molecule has 6 rings (SSSR count). The molecule has 22 heavy (non-hydrogen) atoms. The predicted molar refractivity (Wildman–Crippen MR) is 90.7 cm³/mol. The molecule has 4 saturated carbocycles. The van der Waals surface area contributed by atoms with E-state index in [0.717, 1.165) is 36.1 Å². The van der Waals surface area contributed by atoms with Crippen molar-refractivity contribution in [2.75, 3.05) is 6.54 Å². The summed E-state index contributed by atoms with van der Waals surface area (Å²) in [6.07, 6.45) is 11.8. The smallest absolute Gasteiger partial charge is 0.0205 e. The van der Waals surface area contributed by atoms with Gasteiger partial charge in [0, 0.05) is 6.54 Å². The van der Waals surface area contributed by atoms with Gasteiger partial charge in [-0.25, -0.2) is 0 Å². The van der Waals surface area contributed by atoms with Gasteiger partial charge in [0.25, 0.3) is 0 Å². The van der Waals surface area contributed by atoms with Crippen LogP contribution in [0.3, 0.4) is 0 Å². The highest BCUT2D eigenvalue weighted by molar-refractivity contribution is 5.35. The maximum Gasteiger partial charge on any atom is 0.0205 e. The number of aryl methyl sites for hydroxylation is 2. The van der Waals surface area contributed by atoms with E-state index in [1.54, 1.807) is 43.2 Å². The largest absolute Gasteiger partial charge is 0.312 e. The van der Waals surface area contributed by atoms with Crippen molar-refractivity contribution in [1.82, 2.24) is 5.32 Å². The standard InChI is InChI=1S/C21H29N/c1-2-17-5-4-14(7-18(17)3-1)12-22-13-21-19-8-15-6-16(10-19)11-20(21)9-15/h4-5,7,15-16,19-22H,1-3,6,8-13H2. The molecule has 4 bridgehead atoms. The Kier molecular flexibility index (Phi) is 3.32. The third-order valence-corrected chi connectivity index (χ3v) is 7.29. The molecule has 1 aromatic rings. The molecule has 0 aliphatic heterocycles. The molecular formula is C21H29N. The van der Waals surface area contributed by atoms with E-state index in [2.05, 4.69) is 23.5 Å². The maximum atomic E-state index is 3.82. The van der Waals surface area contributed by atoms with Crippen LogP contribution in [0.2, 0.25) is 0 Å². The third-order valence-electron chi connectivity index (χ3n) is 7.29. The molecule has 0 radical (unpaired) electrons. The maximum absolute atomic E-state index is 3.82. The van der Waals surface area contributed by atoms with Crippen molar-refractivity contribution in [3.05, 3.63) is 34.9 Å². The van der Waals surface area contributed by atoms with Crippen molar-refractivity contribution in [3.63, 3.8) is 0 Å². The average Bonchev–Trinajstić information content (AvgIpc) is 2.97. The molecule has 5 aliphatic carbocycles. The fraction of sp³-hybridized carbons (Fsp3) is 0.714. The summed E-state index contributed by atoms with van der Waals surface area (Å²) in [5.74, 6) is 5.32. The second kappa shape index (κ2) is 5.37. The van der Waals surface area contributed by atoms with Crippen LogP contribution in [0, 0.1) is 29.6 Å². The van der Waals surface area contributed by atoms with Crippen LogP contribution in [0.5, 0.6) is 0 Å². The Morgan fingerprint density at radius 1 is 0.864 bits per heavy atom. The van der Waals surface area contributed by atoms with Crippen molar-refractivity contribution in [2.45, 2.75) is 57.9 Å². The highest BCUT2D eigenvalue weighted by Crippen LogP contribution is 2.56. The average molecular weight is 295 g/mol. The monoisotopic (exact) mass is 295 g/mol. The molecular weight excluding hydrogens is 266 g/mol. The first-order valence-corrected chi connectivity index (χ1v) is 9.66. The summed E-state index contributed by atoms with van der Waals surface area (Å²) in [6.45, 7) is 2.35. The zero-order valence-electron chi connectivity index (χ0n) is 13.7. The van der Waals surface area contributed by atoms with E-state index in [4.69, 9.17) is 0 Å². The second-order valence-corrected chi connectivity index (χ2v) is 8.68. The van der Waals surface area contributed by atoms with Gasteiger partial charge in [0.2, 0.25) is 0 Å². The summed E-state index contributed by atoms with van der Waals surface area (Å²) in [5.41, 5.74) is 4.73. The molecule has 0 unspecified atom stereocenters. The van der Waals surface area contributed by atoms with E-state index in [0.29, 0.717) is 0 Å². The van der Waals surface area contributed by atoms with Crippen molar-refractivity contribution in [1.29, 1.82) is 0 Å². The summed E-state index contributed by atoms with van der Waals surface area (Å²) in [7, 11) is 0. The molecule has 1 nitrogen and oxygen atoms in total. The van der Waals surface area contributed by atoms with Gasteiger partial charge in [-0.3, -0.25) is 0 Å². The molecule has 0 amide bonds. The Hall–Kier alpha value is -0.820. The van der Waals surface area contributed by atoms with Gasteiger partial charge in [0.05, 0.1) is 0 Å². The minimum absolute atomic E-state index is 0.988. The van der Waals surface area contributed by atoms with Gasteiger partial charge in [0.15, 0.2) is 0 Å². The van der Waals surface area contributed by atoms with Gasteiger partial charge < -0.3 is 5.32 Å². The number of hydrogen-bond donors (Lipinski definition) is 1. The Bertz CT molecular complexity index is 533. The van der Waals surface area contributed by atoms with Gasteiger partial charge in [-0.05, 0) is 104 Å². The summed E-state index contributed by atoms with van der Waals surface area (Å²) in [6, 6.07) is 7.20. The number of fused-ring (bicyclic) bond motifs is 1. The Morgan fingerprint density at radius 3 is 2.36 bits per heavy atom. The Balaban J connectivity index is 1.20. The first-order valence-electron chi connectivity index (χ1n) is 9.66. The topological polar surface area (TPSA) is 12.0 Å². The van der Waals surface area contributed by atoms with E-state index >= 15 is 0 Å². The van der Waals surface area contributed by atoms with E-state index in [1.807, 2.05) is 0 Å². The van der Waals surface area contributed by atoms with E-state index in [9.17, 15) is 0 Å². The number of nitrogens with one attached hydrogen (secondary N) is 1. The van der Waals surface area contributed by atoms with Crippen LogP contribution in [-0.4, -0.2) is 6.54 Å². The number of rotatable bonds is 4. The first kappa shape index (κ1) is 13.6. The van der Waals surface area contributed by atoms with E-state index < -0.39 is 0 Å². The molecule has 0 atom stereocenters. The van der Waals surface area contributed by atoms with Gasteiger partial charge >= 0.3 is 0 Å². The molecule has 5 aliphatic rings. The van der Waals surface area contributed by atoms with Gasteiger partial charge in [-0.1, -0.05) is 18.2 Å². The van der Waals surface area contributed by atoms with Crippen LogP contribution in [-0.2, 0) is 19.4 Å². The minimum atomic E-state index is 0.988. The molecule has 0 heterocycles. The van der Waals surface area contributed by atoms with Crippen molar-refractivity contribution < 1.29 is 0 Å². The lowest BCUT2D eigenvalue weighted by atomic mass is 9.52. The molecule has 0 spiro atoms. The van der Waals surface area contributed by atoms with Crippen LogP contribution in [0.15, 0.2) is 18.2 Å². The van der Waals surface area contributed by atoms with E-state index in [-0.39, 0.29) is 0 Å². The molecule has 4 fully saturated rings. The lowest BCUT2D eigenvalue weighted by molar-refractivity contribution is -0.0355. The lowest BCUT2D eigenvalue weighted by Crippen LogP contribution is -2.48. The van der Waals surface area contributed by atoms with Crippen molar-refractivity contribution >= 4 is 0 Å². The molecule has 1 N–H and O–H groups in total. The van der Waals surface area contributed by atoms with Gasteiger partial charge in [0.1, 0.15) is 0 Å². The molecule has 118 valence electrons. The summed E-state index contributed by atoms with van der Waals surface area (Å²) >= 11 is 0. The zero-order chi connectivity index (χ0) is 14.5. The van der Waals surface area contributed by atoms with Crippen LogP contribution in [0.1, 0.15) is 55.2 Å². The summed E-state index contributed by atoms with van der Waals surface area (Å²) in [4.78, 5) is 0. The van der Waals surface area contributed by atoms with Crippen LogP contribution in [0.25, 0.3) is 0 Å². The second-order valence-electron chi connectivity index (χ2n) is 8.68. The number of hydrogen-bond acceptors (Lipinski definition) is 1. The molecule has 0 aromatic heterocycles. The fourth-order valence-electron chi connectivity index (χ4n) is 6.49. The first-order chi connectivity index (χ1) is 10.8. The Morgan fingerprint density at radius 2 is 1.59 bits per heavy atom. The highest BCUT2D eigenvalue weighted by Gasteiger charge is 2.47. The Labute approximate surface area is 134 Å². The fourth-order valence-corrected chi connectivity index (χ4v) is 6.49. The van der Waals surface area contributed by atoms with Gasteiger partial charge in [-0.15, -0.1) is 0 Å². The summed E-state index contributed by atoms with van der Waals surface area (Å²) < 4.78 is 0. The zero-order valence-corrected chi connectivity index (χ0v) is 13.7. The van der Waals surface area contributed by atoms with Crippen molar-refractivity contribution in [2.24, 2.45) is 29.6 Å². The number of benzene rings is 1. The molecule has 1 aromatic carbocycles. The highest BCUT2D eigenvalue weighted by atomic mass is 14.9. The molecule has 0 saturated heterocycles.